The standard InChI is InChI=1S/C22H22BClO2S/c1-21(2,25)22(3,4)26-23-18-12-15(24)11-17-16-9-13-7-5-6-8-14(13)10-19(16)27-20(17)18/h5-12,23,25H,1-4H3. The van der Waals surface area contributed by atoms with Crippen LogP contribution in [0.2, 0.25) is 5.02 Å². The van der Waals surface area contributed by atoms with E-state index in [4.69, 9.17) is 16.3 Å². The average molecular weight is 397 g/mol. The molecule has 0 saturated heterocycles. The minimum Gasteiger partial charge on any atom is -0.427 e. The van der Waals surface area contributed by atoms with Gasteiger partial charge in [-0.2, -0.15) is 0 Å². The molecule has 0 radical (unpaired) electrons. The Morgan fingerprint density at radius 1 is 0.963 bits per heavy atom. The van der Waals surface area contributed by atoms with Crippen molar-refractivity contribution >= 4 is 66.8 Å². The monoisotopic (exact) mass is 396 g/mol. The molecular weight excluding hydrogens is 375 g/mol. The third kappa shape index (κ3) is 3.36. The number of hydrogen-bond donors (Lipinski definition) is 1. The van der Waals surface area contributed by atoms with Gasteiger partial charge in [-0.1, -0.05) is 35.9 Å². The van der Waals surface area contributed by atoms with E-state index in [9.17, 15) is 5.11 Å². The number of benzene rings is 3. The molecule has 4 aromatic rings. The molecule has 0 aliphatic heterocycles. The van der Waals surface area contributed by atoms with Gasteiger partial charge in [-0.05, 0) is 68.2 Å². The van der Waals surface area contributed by atoms with E-state index in [-0.39, 0.29) is 0 Å². The predicted octanol–water partition coefficient (Wildman–Crippen LogP) is 5.40. The second-order valence-electron chi connectivity index (χ2n) is 8.10. The van der Waals surface area contributed by atoms with Gasteiger partial charge >= 0.3 is 7.48 Å². The van der Waals surface area contributed by atoms with E-state index in [1.807, 2.05) is 26.0 Å². The fourth-order valence-corrected chi connectivity index (χ4v) is 4.59. The van der Waals surface area contributed by atoms with E-state index in [2.05, 4.69) is 36.4 Å². The van der Waals surface area contributed by atoms with E-state index in [1.165, 1.54) is 25.6 Å². The molecular formula is C22H22BClO2S. The summed E-state index contributed by atoms with van der Waals surface area (Å²) in [5.74, 6) is 0. The summed E-state index contributed by atoms with van der Waals surface area (Å²) in [6.07, 6.45) is 0. The SMILES string of the molecule is CC(C)(O)C(C)(C)OBc1cc(Cl)cc2c1sc1cc3ccccc3cc12. The second-order valence-corrected chi connectivity index (χ2v) is 9.59. The Balaban J connectivity index is 1.85. The highest BCUT2D eigenvalue weighted by atomic mass is 35.5. The molecule has 2 nitrogen and oxygen atoms in total. The lowest BCUT2D eigenvalue weighted by Gasteiger charge is -2.37. The van der Waals surface area contributed by atoms with Crippen LogP contribution in [0.3, 0.4) is 0 Å². The Morgan fingerprint density at radius 3 is 2.30 bits per heavy atom. The van der Waals surface area contributed by atoms with Crippen molar-refractivity contribution in [3.8, 4) is 0 Å². The number of hydrogen-bond acceptors (Lipinski definition) is 3. The lowest BCUT2D eigenvalue weighted by molar-refractivity contribution is -0.0893. The van der Waals surface area contributed by atoms with Gasteiger partial charge in [0.2, 0.25) is 0 Å². The molecule has 0 spiro atoms. The molecule has 1 heterocycles. The van der Waals surface area contributed by atoms with Crippen LogP contribution in [0.5, 0.6) is 0 Å². The molecule has 3 aromatic carbocycles. The number of aliphatic hydroxyl groups is 1. The summed E-state index contributed by atoms with van der Waals surface area (Å²) in [4.78, 5) is 0. The quantitative estimate of drug-likeness (QED) is 0.468. The predicted molar refractivity (Wildman–Crippen MR) is 120 cm³/mol. The van der Waals surface area contributed by atoms with Gasteiger partial charge in [0.25, 0.3) is 0 Å². The molecule has 0 aliphatic carbocycles. The van der Waals surface area contributed by atoms with Crippen LogP contribution in [-0.2, 0) is 4.65 Å². The van der Waals surface area contributed by atoms with Crippen molar-refractivity contribution in [3.63, 3.8) is 0 Å². The van der Waals surface area contributed by atoms with Crippen LogP contribution in [0, 0.1) is 0 Å². The third-order valence-electron chi connectivity index (χ3n) is 5.54. The fourth-order valence-electron chi connectivity index (χ4n) is 3.14. The molecule has 1 aromatic heterocycles. The Morgan fingerprint density at radius 2 is 1.63 bits per heavy atom. The first kappa shape index (κ1) is 18.8. The molecule has 27 heavy (non-hydrogen) atoms. The van der Waals surface area contributed by atoms with Crippen molar-refractivity contribution in [2.24, 2.45) is 0 Å². The third-order valence-corrected chi connectivity index (χ3v) is 7.00. The van der Waals surface area contributed by atoms with Crippen molar-refractivity contribution in [3.05, 3.63) is 53.6 Å². The number of halogens is 1. The number of fused-ring (bicyclic) bond motifs is 4. The molecule has 4 rings (SSSR count). The van der Waals surface area contributed by atoms with Crippen LogP contribution in [0.15, 0.2) is 48.5 Å². The highest BCUT2D eigenvalue weighted by Crippen LogP contribution is 2.37. The largest absolute Gasteiger partial charge is 0.427 e. The summed E-state index contributed by atoms with van der Waals surface area (Å²) < 4.78 is 8.55. The molecule has 1 N–H and O–H groups in total. The van der Waals surface area contributed by atoms with Gasteiger partial charge in [0.15, 0.2) is 0 Å². The van der Waals surface area contributed by atoms with Crippen LogP contribution in [0.4, 0.5) is 0 Å². The minimum atomic E-state index is -0.942. The zero-order valence-corrected chi connectivity index (χ0v) is 17.5. The van der Waals surface area contributed by atoms with Gasteiger partial charge in [0, 0.05) is 25.2 Å². The molecule has 0 aliphatic rings. The first-order valence-corrected chi connectivity index (χ1v) is 10.2. The Kier molecular flexibility index (Phi) is 4.51. The van der Waals surface area contributed by atoms with Crippen LogP contribution >= 0.6 is 22.9 Å². The molecule has 138 valence electrons. The van der Waals surface area contributed by atoms with E-state index in [0.717, 1.165) is 10.8 Å². The van der Waals surface area contributed by atoms with Gasteiger partial charge in [-0.25, -0.2) is 0 Å². The van der Waals surface area contributed by atoms with Gasteiger partial charge in [-0.15, -0.1) is 11.3 Å². The Labute approximate surface area is 169 Å². The first-order valence-electron chi connectivity index (χ1n) is 9.05. The Hall–Kier alpha value is -1.59. The highest BCUT2D eigenvalue weighted by molar-refractivity contribution is 7.27. The van der Waals surface area contributed by atoms with E-state index >= 15 is 0 Å². The van der Waals surface area contributed by atoms with Crippen LogP contribution < -0.4 is 5.46 Å². The average Bonchev–Trinajstić information content (AvgIpc) is 2.94. The maximum atomic E-state index is 10.4. The second kappa shape index (κ2) is 6.49. The van der Waals surface area contributed by atoms with E-state index in [1.54, 1.807) is 25.2 Å². The highest BCUT2D eigenvalue weighted by Gasteiger charge is 2.35. The summed E-state index contributed by atoms with van der Waals surface area (Å²) in [6, 6.07) is 16.9. The summed E-state index contributed by atoms with van der Waals surface area (Å²) >= 11 is 8.21. The first-order chi connectivity index (χ1) is 12.7. The van der Waals surface area contributed by atoms with Crippen molar-refractivity contribution in [1.82, 2.24) is 0 Å². The topological polar surface area (TPSA) is 29.5 Å². The summed E-state index contributed by atoms with van der Waals surface area (Å²) in [5, 5.41) is 15.9. The lowest BCUT2D eigenvalue weighted by atomic mass is 9.82. The molecule has 0 fully saturated rings. The number of rotatable bonds is 4. The van der Waals surface area contributed by atoms with Crippen LogP contribution in [0.1, 0.15) is 27.7 Å². The van der Waals surface area contributed by atoms with Crippen LogP contribution in [0.25, 0.3) is 30.9 Å². The van der Waals surface area contributed by atoms with Gasteiger partial charge in [0.1, 0.15) is 0 Å². The number of thiophene rings is 1. The lowest BCUT2D eigenvalue weighted by Crippen LogP contribution is -2.49. The molecule has 0 amide bonds. The zero-order valence-electron chi connectivity index (χ0n) is 16.0. The van der Waals surface area contributed by atoms with Gasteiger partial charge in [-0.3, -0.25) is 0 Å². The summed E-state index contributed by atoms with van der Waals surface area (Å²) in [6.45, 7) is 7.36. The van der Waals surface area contributed by atoms with Crippen molar-refractivity contribution in [1.29, 1.82) is 0 Å². The Bertz CT molecular complexity index is 1160. The van der Waals surface area contributed by atoms with Crippen molar-refractivity contribution in [2.75, 3.05) is 0 Å². The van der Waals surface area contributed by atoms with Gasteiger partial charge in [0.05, 0.1) is 11.2 Å². The molecule has 5 heteroatoms. The normalized spacial score (nSPS) is 13.0. The van der Waals surface area contributed by atoms with Crippen LogP contribution in [-0.4, -0.2) is 23.8 Å². The molecule has 0 unspecified atom stereocenters. The molecule has 0 saturated carbocycles. The minimum absolute atomic E-state index is 0.403. The zero-order chi connectivity index (χ0) is 19.4. The summed E-state index contributed by atoms with van der Waals surface area (Å²) in [5.41, 5.74) is -0.560. The van der Waals surface area contributed by atoms with Crippen molar-refractivity contribution in [2.45, 2.75) is 38.9 Å². The maximum absolute atomic E-state index is 10.4. The van der Waals surface area contributed by atoms with Crippen molar-refractivity contribution < 1.29 is 9.76 Å². The fraction of sp³-hybridized carbons (Fsp3) is 0.273. The smallest absolute Gasteiger partial charge is 0.310 e. The van der Waals surface area contributed by atoms with E-state index < -0.39 is 11.2 Å². The maximum Gasteiger partial charge on any atom is 0.310 e. The summed E-state index contributed by atoms with van der Waals surface area (Å²) in [7, 11) is 0.403. The molecule has 0 bridgehead atoms. The van der Waals surface area contributed by atoms with Gasteiger partial charge < -0.3 is 9.76 Å². The van der Waals surface area contributed by atoms with E-state index in [0.29, 0.717) is 12.5 Å². The molecule has 0 atom stereocenters.